The SMILES string of the molecule is CN(CC1CCCC1)C(CN)c1ccc(C(C)(C)C)s1. The molecule has 1 heterocycles. The molecule has 0 aliphatic heterocycles. The second-order valence-corrected chi connectivity index (χ2v) is 8.41. The number of likely N-dealkylation sites (N-methyl/N-ethyl adjacent to an activating group) is 1. The molecule has 3 heteroatoms. The first-order valence-electron chi connectivity index (χ1n) is 7.92. The summed E-state index contributed by atoms with van der Waals surface area (Å²) < 4.78 is 0. The topological polar surface area (TPSA) is 29.3 Å². The van der Waals surface area contributed by atoms with Crippen molar-refractivity contribution in [3.8, 4) is 0 Å². The van der Waals surface area contributed by atoms with Crippen molar-refractivity contribution in [2.75, 3.05) is 20.1 Å². The van der Waals surface area contributed by atoms with Gasteiger partial charge in [-0.15, -0.1) is 11.3 Å². The Labute approximate surface area is 128 Å². The number of hydrogen-bond donors (Lipinski definition) is 1. The van der Waals surface area contributed by atoms with Crippen LogP contribution in [-0.4, -0.2) is 25.0 Å². The van der Waals surface area contributed by atoms with E-state index in [0.717, 1.165) is 5.92 Å². The van der Waals surface area contributed by atoms with E-state index in [1.807, 2.05) is 11.3 Å². The molecular formula is C17H30N2S. The van der Waals surface area contributed by atoms with Gasteiger partial charge in [-0.25, -0.2) is 0 Å². The van der Waals surface area contributed by atoms with Gasteiger partial charge in [-0.05, 0) is 43.4 Å². The van der Waals surface area contributed by atoms with Crippen LogP contribution in [0.1, 0.15) is 62.3 Å². The van der Waals surface area contributed by atoms with Crippen LogP contribution in [-0.2, 0) is 5.41 Å². The van der Waals surface area contributed by atoms with E-state index < -0.39 is 0 Å². The fraction of sp³-hybridized carbons (Fsp3) is 0.765. The molecule has 114 valence electrons. The molecule has 0 amide bonds. The van der Waals surface area contributed by atoms with Gasteiger partial charge < -0.3 is 5.73 Å². The van der Waals surface area contributed by atoms with Crippen LogP contribution in [0.4, 0.5) is 0 Å². The quantitative estimate of drug-likeness (QED) is 0.883. The Hall–Kier alpha value is -0.380. The third-order valence-electron chi connectivity index (χ3n) is 4.47. The molecule has 20 heavy (non-hydrogen) atoms. The van der Waals surface area contributed by atoms with Crippen LogP contribution in [0.25, 0.3) is 0 Å². The number of nitrogens with two attached hydrogens (primary N) is 1. The maximum absolute atomic E-state index is 6.06. The summed E-state index contributed by atoms with van der Waals surface area (Å²) in [6, 6.07) is 4.96. The third-order valence-corrected chi connectivity index (χ3v) is 6.08. The molecule has 0 aromatic carbocycles. The average Bonchev–Trinajstić information content (AvgIpc) is 3.00. The number of thiophene rings is 1. The van der Waals surface area contributed by atoms with Crippen LogP contribution in [0.5, 0.6) is 0 Å². The first-order valence-corrected chi connectivity index (χ1v) is 8.74. The predicted octanol–water partition coefficient (Wildman–Crippen LogP) is 4.17. The minimum absolute atomic E-state index is 0.242. The lowest BCUT2D eigenvalue weighted by molar-refractivity contribution is 0.215. The van der Waals surface area contributed by atoms with Crippen molar-refractivity contribution >= 4 is 11.3 Å². The highest BCUT2D eigenvalue weighted by Gasteiger charge is 2.24. The second kappa shape index (κ2) is 6.59. The number of nitrogens with zero attached hydrogens (tertiary/aromatic N) is 1. The Morgan fingerprint density at radius 2 is 1.95 bits per heavy atom. The zero-order valence-corrected chi connectivity index (χ0v) is 14.3. The molecule has 1 unspecified atom stereocenters. The van der Waals surface area contributed by atoms with Crippen LogP contribution in [0, 0.1) is 5.92 Å². The summed E-state index contributed by atoms with van der Waals surface area (Å²) >= 11 is 1.94. The van der Waals surface area contributed by atoms with E-state index >= 15 is 0 Å². The molecule has 1 fully saturated rings. The highest BCUT2D eigenvalue weighted by molar-refractivity contribution is 7.12. The molecule has 0 spiro atoms. The van der Waals surface area contributed by atoms with E-state index in [9.17, 15) is 0 Å². The largest absolute Gasteiger partial charge is 0.329 e. The standard InChI is InChI=1S/C17H30N2S/c1-17(2,3)16-10-9-15(20-16)14(11-18)19(4)12-13-7-5-6-8-13/h9-10,13-14H,5-8,11-12,18H2,1-4H3. The first-order chi connectivity index (χ1) is 9.41. The molecule has 0 bridgehead atoms. The third kappa shape index (κ3) is 3.84. The normalized spacial score (nSPS) is 18.9. The molecule has 1 atom stereocenters. The number of rotatable bonds is 5. The molecule has 1 aliphatic carbocycles. The highest BCUT2D eigenvalue weighted by Crippen LogP contribution is 2.35. The van der Waals surface area contributed by atoms with Crippen molar-refractivity contribution in [1.29, 1.82) is 0 Å². The van der Waals surface area contributed by atoms with E-state index in [2.05, 4.69) is 44.9 Å². The van der Waals surface area contributed by atoms with E-state index in [1.165, 1.54) is 42.0 Å². The van der Waals surface area contributed by atoms with Crippen molar-refractivity contribution in [2.24, 2.45) is 11.7 Å². The average molecular weight is 295 g/mol. The van der Waals surface area contributed by atoms with Crippen LogP contribution >= 0.6 is 11.3 Å². The molecule has 1 saturated carbocycles. The lowest BCUT2D eigenvalue weighted by atomic mass is 9.95. The summed E-state index contributed by atoms with van der Waals surface area (Å²) in [5.74, 6) is 0.885. The Morgan fingerprint density at radius 1 is 1.30 bits per heavy atom. The monoisotopic (exact) mass is 294 g/mol. The van der Waals surface area contributed by atoms with Gasteiger partial charge in [0.1, 0.15) is 0 Å². The molecule has 0 radical (unpaired) electrons. The molecule has 2 N–H and O–H groups in total. The van der Waals surface area contributed by atoms with Gasteiger partial charge in [0, 0.05) is 22.8 Å². The van der Waals surface area contributed by atoms with Crippen LogP contribution in [0.3, 0.4) is 0 Å². The smallest absolute Gasteiger partial charge is 0.0562 e. The lowest BCUT2D eigenvalue weighted by Gasteiger charge is -2.28. The molecule has 2 nitrogen and oxygen atoms in total. The van der Waals surface area contributed by atoms with E-state index in [-0.39, 0.29) is 5.41 Å². The summed E-state index contributed by atoms with van der Waals surface area (Å²) in [7, 11) is 2.24. The van der Waals surface area contributed by atoms with Gasteiger partial charge in [-0.2, -0.15) is 0 Å². The molecular weight excluding hydrogens is 264 g/mol. The van der Waals surface area contributed by atoms with Gasteiger partial charge in [-0.3, -0.25) is 4.90 Å². The summed E-state index contributed by atoms with van der Waals surface area (Å²) in [6.07, 6.45) is 5.64. The first kappa shape index (κ1) is 16.0. The van der Waals surface area contributed by atoms with Crippen molar-refractivity contribution in [1.82, 2.24) is 4.90 Å². The van der Waals surface area contributed by atoms with Crippen LogP contribution in [0.15, 0.2) is 12.1 Å². The van der Waals surface area contributed by atoms with Crippen LogP contribution < -0.4 is 5.73 Å². The van der Waals surface area contributed by atoms with E-state index in [4.69, 9.17) is 5.73 Å². The Kier molecular flexibility index (Phi) is 5.27. The van der Waals surface area contributed by atoms with Gasteiger partial charge >= 0.3 is 0 Å². The summed E-state index contributed by atoms with van der Waals surface area (Å²) in [5, 5.41) is 0. The zero-order chi connectivity index (χ0) is 14.8. The fourth-order valence-corrected chi connectivity index (χ4v) is 4.42. The van der Waals surface area contributed by atoms with Gasteiger partial charge in [0.05, 0.1) is 6.04 Å². The van der Waals surface area contributed by atoms with Crippen molar-refractivity contribution in [2.45, 2.75) is 57.9 Å². The minimum Gasteiger partial charge on any atom is -0.329 e. The molecule has 2 rings (SSSR count). The molecule has 1 aromatic heterocycles. The summed E-state index contributed by atoms with van der Waals surface area (Å²) in [4.78, 5) is 5.37. The van der Waals surface area contributed by atoms with Gasteiger partial charge in [0.2, 0.25) is 0 Å². The van der Waals surface area contributed by atoms with Gasteiger partial charge in [0.15, 0.2) is 0 Å². The maximum atomic E-state index is 6.06. The number of hydrogen-bond acceptors (Lipinski definition) is 3. The predicted molar refractivity (Wildman–Crippen MR) is 89.4 cm³/mol. The Bertz CT molecular complexity index is 413. The molecule has 0 saturated heterocycles. The zero-order valence-electron chi connectivity index (χ0n) is 13.5. The Balaban J connectivity index is 2.04. The van der Waals surface area contributed by atoms with Gasteiger partial charge in [-0.1, -0.05) is 33.6 Å². The minimum atomic E-state index is 0.242. The van der Waals surface area contributed by atoms with Crippen molar-refractivity contribution in [3.63, 3.8) is 0 Å². The second-order valence-electron chi connectivity index (χ2n) is 7.29. The summed E-state index contributed by atoms with van der Waals surface area (Å²) in [5.41, 5.74) is 6.31. The fourth-order valence-electron chi connectivity index (χ4n) is 3.18. The molecule has 1 aromatic rings. The Morgan fingerprint density at radius 3 is 2.45 bits per heavy atom. The van der Waals surface area contributed by atoms with Gasteiger partial charge in [0.25, 0.3) is 0 Å². The van der Waals surface area contributed by atoms with Crippen LogP contribution in [0.2, 0.25) is 0 Å². The van der Waals surface area contributed by atoms with Crippen molar-refractivity contribution < 1.29 is 0 Å². The summed E-state index contributed by atoms with van der Waals surface area (Å²) in [6.45, 7) is 8.75. The lowest BCUT2D eigenvalue weighted by Crippen LogP contribution is -2.33. The maximum Gasteiger partial charge on any atom is 0.0562 e. The van der Waals surface area contributed by atoms with E-state index in [1.54, 1.807) is 0 Å². The molecule has 1 aliphatic rings. The highest BCUT2D eigenvalue weighted by atomic mass is 32.1. The van der Waals surface area contributed by atoms with E-state index in [0.29, 0.717) is 12.6 Å². The van der Waals surface area contributed by atoms with Crippen molar-refractivity contribution in [3.05, 3.63) is 21.9 Å².